The largest absolute Gasteiger partial charge is 0.501 e. The molecule has 0 aliphatic heterocycles. The Morgan fingerprint density at radius 2 is 1.53 bits per heavy atom. The number of pyridine rings is 2. The average molecular weight is 647 g/mol. The second-order valence-corrected chi connectivity index (χ2v) is 8.82. The third-order valence-electron chi connectivity index (χ3n) is 5.95. The minimum Gasteiger partial charge on any atom is -0.501 e. The van der Waals surface area contributed by atoms with Gasteiger partial charge in [0.1, 0.15) is 5.58 Å². The van der Waals surface area contributed by atoms with Gasteiger partial charge in [0.15, 0.2) is 0 Å². The van der Waals surface area contributed by atoms with Crippen molar-refractivity contribution in [2.45, 2.75) is 26.7 Å². The summed E-state index contributed by atoms with van der Waals surface area (Å²) in [6.45, 7) is 6.46. The zero-order chi connectivity index (χ0) is 24.2. The molecule has 0 saturated carbocycles. The number of hydrogen-bond acceptors (Lipinski definition) is 3. The van der Waals surface area contributed by atoms with E-state index in [4.69, 9.17) is 4.42 Å². The molecule has 0 spiro atoms. The summed E-state index contributed by atoms with van der Waals surface area (Å²) >= 11 is 0. The first-order valence-electron chi connectivity index (χ1n) is 11.8. The Balaban J connectivity index is 0.000000187. The number of furan rings is 1. The smallest absolute Gasteiger partial charge is 0.120 e. The Morgan fingerprint density at radius 3 is 2.17 bits per heavy atom. The molecular formula is C32H26IrN2O-2. The van der Waals surface area contributed by atoms with Crippen LogP contribution in [0.5, 0.6) is 0 Å². The summed E-state index contributed by atoms with van der Waals surface area (Å²) < 4.78 is 6.10. The molecule has 3 heterocycles. The molecule has 3 aromatic carbocycles. The molecule has 3 nitrogen and oxygen atoms in total. The van der Waals surface area contributed by atoms with Crippen molar-refractivity contribution in [3.05, 3.63) is 121 Å². The molecule has 0 bridgehead atoms. The first-order valence-corrected chi connectivity index (χ1v) is 11.8. The maximum Gasteiger partial charge on any atom is 0.120 e. The molecule has 0 aliphatic rings. The van der Waals surface area contributed by atoms with Crippen LogP contribution in [-0.2, 0) is 20.1 Å². The Hall–Kier alpha value is -3.59. The van der Waals surface area contributed by atoms with E-state index in [-0.39, 0.29) is 20.1 Å². The van der Waals surface area contributed by atoms with Gasteiger partial charge < -0.3 is 14.4 Å². The van der Waals surface area contributed by atoms with E-state index >= 15 is 0 Å². The van der Waals surface area contributed by atoms with E-state index in [1.54, 1.807) is 12.4 Å². The molecule has 3 aromatic heterocycles. The van der Waals surface area contributed by atoms with Gasteiger partial charge in [-0.2, -0.15) is 0 Å². The summed E-state index contributed by atoms with van der Waals surface area (Å²) in [6.07, 6.45) is 3.59. The van der Waals surface area contributed by atoms with Crippen LogP contribution in [-0.4, -0.2) is 9.97 Å². The Morgan fingerprint density at radius 1 is 0.778 bits per heavy atom. The number of hydrogen-bond donors (Lipinski definition) is 0. The standard InChI is InChI=1S/C20H16NO.C12H10N.Ir/c1-13(2)14-9-10-19-17(12-14)15-6-5-7-16(20(15)22-19)18-8-3-4-11-21-18;1-10-5-7-11(8-6-10)12-4-2-3-9-13-12;/h3-6,8-13H,1-2H3;2-7,9H,1H3;/q2*-1;. The fraction of sp³-hybridized carbons (Fsp3) is 0.125. The van der Waals surface area contributed by atoms with Gasteiger partial charge in [0, 0.05) is 37.9 Å². The first-order chi connectivity index (χ1) is 17.1. The Kier molecular flexibility index (Phi) is 8.10. The maximum absolute atomic E-state index is 6.10. The van der Waals surface area contributed by atoms with E-state index in [2.05, 4.69) is 73.2 Å². The molecule has 0 atom stereocenters. The second kappa shape index (κ2) is 11.4. The average Bonchev–Trinajstić information content (AvgIpc) is 3.29. The molecule has 0 amide bonds. The fourth-order valence-electron chi connectivity index (χ4n) is 4.00. The van der Waals surface area contributed by atoms with Gasteiger partial charge in [-0.05, 0) is 47.1 Å². The van der Waals surface area contributed by atoms with Crippen LogP contribution in [0.15, 0.2) is 102 Å². The molecule has 0 fully saturated rings. The monoisotopic (exact) mass is 647 g/mol. The van der Waals surface area contributed by atoms with Crippen molar-refractivity contribution in [3.63, 3.8) is 0 Å². The van der Waals surface area contributed by atoms with Gasteiger partial charge in [-0.15, -0.1) is 53.6 Å². The topological polar surface area (TPSA) is 38.9 Å². The van der Waals surface area contributed by atoms with Crippen LogP contribution in [0.3, 0.4) is 0 Å². The van der Waals surface area contributed by atoms with Crippen LogP contribution in [0.25, 0.3) is 44.5 Å². The van der Waals surface area contributed by atoms with Crippen LogP contribution in [0.2, 0.25) is 0 Å². The quantitative estimate of drug-likeness (QED) is 0.181. The molecule has 0 saturated heterocycles. The van der Waals surface area contributed by atoms with E-state index < -0.39 is 0 Å². The number of benzene rings is 3. The molecule has 1 radical (unpaired) electrons. The van der Waals surface area contributed by atoms with E-state index in [1.165, 1.54) is 11.1 Å². The van der Waals surface area contributed by atoms with E-state index in [9.17, 15) is 0 Å². The van der Waals surface area contributed by atoms with Crippen LogP contribution < -0.4 is 0 Å². The summed E-state index contributed by atoms with van der Waals surface area (Å²) in [7, 11) is 0. The van der Waals surface area contributed by atoms with Gasteiger partial charge in [0.2, 0.25) is 0 Å². The van der Waals surface area contributed by atoms with Crippen LogP contribution in [0, 0.1) is 19.1 Å². The van der Waals surface area contributed by atoms with Crippen molar-refractivity contribution in [1.29, 1.82) is 0 Å². The minimum atomic E-state index is 0. The van der Waals surface area contributed by atoms with Gasteiger partial charge in [0.05, 0.1) is 5.58 Å². The molecule has 0 unspecified atom stereocenters. The molecule has 6 aromatic rings. The summed E-state index contributed by atoms with van der Waals surface area (Å²) in [5.41, 5.74) is 8.14. The Bertz CT molecular complexity index is 1560. The third kappa shape index (κ3) is 5.46. The summed E-state index contributed by atoms with van der Waals surface area (Å²) in [6, 6.07) is 34.8. The van der Waals surface area contributed by atoms with Gasteiger partial charge in [-0.1, -0.05) is 62.1 Å². The van der Waals surface area contributed by atoms with Crippen molar-refractivity contribution in [3.8, 4) is 22.5 Å². The van der Waals surface area contributed by atoms with Crippen molar-refractivity contribution in [2.24, 2.45) is 0 Å². The molecule has 181 valence electrons. The predicted molar refractivity (Wildman–Crippen MR) is 143 cm³/mol. The zero-order valence-corrected chi connectivity index (χ0v) is 22.8. The third-order valence-corrected chi connectivity index (χ3v) is 5.95. The predicted octanol–water partition coefficient (Wildman–Crippen LogP) is 8.43. The van der Waals surface area contributed by atoms with Gasteiger partial charge in [-0.3, -0.25) is 0 Å². The fourth-order valence-corrected chi connectivity index (χ4v) is 4.00. The summed E-state index contributed by atoms with van der Waals surface area (Å²) in [5, 5.41) is 2.28. The number of fused-ring (bicyclic) bond motifs is 3. The molecule has 4 heteroatoms. The van der Waals surface area contributed by atoms with E-state index in [1.807, 2.05) is 54.6 Å². The number of nitrogens with zero attached hydrogens (tertiary/aromatic N) is 2. The molecular weight excluding hydrogens is 621 g/mol. The van der Waals surface area contributed by atoms with Crippen molar-refractivity contribution in [2.75, 3.05) is 0 Å². The number of aromatic nitrogens is 2. The van der Waals surface area contributed by atoms with E-state index in [0.29, 0.717) is 5.92 Å². The molecule has 0 aliphatic carbocycles. The van der Waals surface area contributed by atoms with Crippen molar-refractivity contribution >= 4 is 21.9 Å². The number of aryl methyl sites for hydroxylation is 1. The van der Waals surface area contributed by atoms with Crippen molar-refractivity contribution in [1.82, 2.24) is 9.97 Å². The number of rotatable bonds is 3. The van der Waals surface area contributed by atoms with Gasteiger partial charge in [-0.25, -0.2) is 0 Å². The SMILES string of the molecule is CC(C)c1ccc2oc3c(-c4ccccn4)[c-]ccc3c2c1.Cc1c[c-]c(-c2ccccn2)cc1.[Ir]. The van der Waals surface area contributed by atoms with Gasteiger partial charge >= 0.3 is 0 Å². The molecule has 36 heavy (non-hydrogen) atoms. The van der Waals surface area contributed by atoms with Crippen molar-refractivity contribution < 1.29 is 24.5 Å². The maximum atomic E-state index is 6.10. The second-order valence-electron chi connectivity index (χ2n) is 8.82. The summed E-state index contributed by atoms with van der Waals surface area (Å²) in [5.74, 6) is 0.500. The normalized spacial score (nSPS) is 10.7. The summed E-state index contributed by atoms with van der Waals surface area (Å²) in [4.78, 5) is 8.67. The molecule has 6 rings (SSSR count). The zero-order valence-electron chi connectivity index (χ0n) is 20.5. The Labute approximate surface area is 225 Å². The van der Waals surface area contributed by atoms with Crippen LogP contribution >= 0.6 is 0 Å². The van der Waals surface area contributed by atoms with Crippen LogP contribution in [0.4, 0.5) is 0 Å². The van der Waals surface area contributed by atoms with Crippen LogP contribution in [0.1, 0.15) is 30.9 Å². The first kappa shape index (κ1) is 25.5. The van der Waals surface area contributed by atoms with E-state index in [0.717, 1.165) is 44.5 Å². The van der Waals surface area contributed by atoms with Gasteiger partial charge in [0.25, 0.3) is 0 Å². The minimum absolute atomic E-state index is 0. The molecule has 0 N–H and O–H groups in total.